The number of likely N-dealkylation sites (N-methyl/N-ethyl adjacent to an activating group) is 1. The predicted molar refractivity (Wildman–Crippen MR) is 143 cm³/mol. The molecule has 2 aromatic carbocycles. The van der Waals surface area contributed by atoms with Crippen LogP contribution in [0.2, 0.25) is 0 Å². The van der Waals surface area contributed by atoms with Crippen LogP contribution in [0.4, 0.5) is 9.59 Å². The number of carbonyl (C=O) groups is 3. The Morgan fingerprint density at radius 3 is 2.16 bits per heavy atom. The van der Waals surface area contributed by atoms with Crippen molar-refractivity contribution in [2.24, 2.45) is 0 Å². The lowest BCUT2D eigenvalue weighted by Gasteiger charge is -2.32. The smallest absolute Gasteiger partial charge is 0.407 e. The highest BCUT2D eigenvalue weighted by Crippen LogP contribution is 2.44. The molecule has 0 bridgehead atoms. The molecule has 0 radical (unpaired) electrons. The molecule has 1 heterocycles. The summed E-state index contributed by atoms with van der Waals surface area (Å²) in [5.41, 5.74) is 4.45. The Hall–Kier alpha value is -3.30. The summed E-state index contributed by atoms with van der Waals surface area (Å²) >= 11 is 0. The summed E-state index contributed by atoms with van der Waals surface area (Å²) < 4.78 is 5.47. The molecule has 0 saturated carbocycles. The molecule has 1 fully saturated rings. The second-order valence-corrected chi connectivity index (χ2v) is 9.38. The van der Waals surface area contributed by atoms with Crippen LogP contribution >= 0.6 is 12.4 Å². The van der Waals surface area contributed by atoms with E-state index < -0.39 is 18.1 Å². The quantitative estimate of drug-likeness (QED) is 0.428. The fourth-order valence-electron chi connectivity index (χ4n) is 4.83. The Balaban J connectivity index is 0.00000380. The van der Waals surface area contributed by atoms with E-state index in [9.17, 15) is 19.5 Å². The number of unbranched alkanes of at least 4 members (excludes halogenated alkanes) is 1. The number of alkyl carbamates (subject to hydrolysis) is 1. The van der Waals surface area contributed by atoms with Gasteiger partial charge in [0.2, 0.25) is 0 Å². The summed E-state index contributed by atoms with van der Waals surface area (Å²) in [4.78, 5) is 40.3. The van der Waals surface area contributed by atoms with Crippen molar-refractivity contribution in [3.05, 3.63) is 59.7 Å². The number of benzene rings is 2. The summed E-state index contributed by atoms with van der Waals surface area (Å²) in [6, 6.07) is 14.9. The van der Waals surface area contributed by atoms with Crippen LogP contribution in [0.15, 0.2) is 48.5 Å². The number of hydrogen-bond acceptors (Lipinski definition) is 5. The van der Waals surface area contributed by atoms with Gasteiger partial charge < -0.3 is 30.3 Å². The molecule has 37 heavy (non-hydrogen) atoms. The Bertz CT molecular complexity index is 1040. The van der Waals surface area contributed by atoms with Crippen LogP contribution in [0.25, 0.3) is 11.1 Å². The molecule has 9 nitrogen and oxygen atoms in total. The number of amides is 3. The largest absolute Gasteiger partial charge is 0.480 e. The van der Waals surface area contributed by atoms with E-state index in [0.717, 1.165) is 35.3 Å². The highest BCUT2D eigenvalue weighted by Gasteiger charge is 2.29. The molecule has 3 amide bonds. The number of nitrogens with one attached hydrogen (secondary N) is 2. The monoisotopic (exact) mass is 530 g/mol. The SMILES string of the molecule is CN1CCN(C(=O)NCCCCC(NC(=O)OCC2c3ccccc3-c3ccccc32)C(=O)O)CC1.Cl. The molecule has 10 heteroatoms. The molecule has 1 unspecified atom stereocenters. The zero-order chi connectivity index (χ0) is 25.5. The van der Waals surface area contributed by atoms with Crippen molar-refractivity contribution in [2.45, 2.75) is 31.2 Å². The van der Waals surface area contributed by atoms with Crippen molar-refractivity contribution >= 4 is 30.5 Å². The second kappa shape index (κ2) is 13.3. The van der Waals surface area contributed by atoms with Crippen LogP contribution in [0.5, 0.6) is 0 Å². The van der Waals surface area contributed by atoms with Crippen molar-refractivity contribution < 1.29 is 24.2 Å². The van der Waals surface area contributed by atoms with Gasteiger partial charge in [-0.2, -0.15) is 0 Å². The van der Waals surface area contributed by atoms with Crippen molar-refractivity contribution in [1.82, 2.24) is 20.4 Å². The molecule has 2 aromatic rings. The number of aliphatic carboxylic acids is 1. The molecule has 1 aliphatic carbocycles. The van der Waals surface area contributed by atoms with Crippen molar-refractivity contribution in [3.8, 4) is 11.1 Å². The van der Waals surface area contributed by atoms with Gasteiger partial charge in [-0.1, -0.05) is 48.5 Å². The number of halogens is 1. The van der Waals surface area contributed by atoms with Crippen molar-refractivity contribution in [3.63, 3.8) is 0 Å². The van der Waals surface area contributed by atoms with Crippen LogP contribution in [-0.2, 0) is 9.53 Å². The number of nitrogens with zero attached hydrogens (tertiary/aromatic N) is 2. The minimum Gasteiger partial charge on any atom is -0.480 e. The average molecular weight is 531 g/mol. The fraction of sp³-hybridized carbons (Fsp3) is 0.444. The van der Waals surface area contributed by atoms with Crippen LogP contribution < -0.4 is 10.6 Å². The van der Waals surface area contributed by atoms with Gasteiger partial charge in [0.05, 0.1) is 0 Å². The first-order valence-corrected chi connectivity index (χ1v) is 12.5. The second-order valence-electron chi connectivity index (χ2n) is 9.38. The summed E-state index contributed by atoms with van der Waals surface area (Å²) in [7, 11) is 2.03. The van der Waals surface area contributed by atoms with Gasteiger partial charge in [0, 0.05) is 38.6 Å². The maximum absolute atomic E-state index is 12.5. The molecule has 4 rings (SSSR count). The van der Waals surface area contributed by atoms with Gasteiger partial charge in [0.1, 0.15) is 12.6 Å². The van der Waals surface area contributed by atoms with E-state index in [2.05, 4.69) is 27.7 Å². The van der Waals surface area contributed by atoms with Gasteiger partial charge in [0.15, 0.2) is 0 Å². The lowest BCUT2D eigenvalue weighted by atomic mass is 9.98. The van der Waals surface area contributed by atoms with Gasteiger partial charge in [-0.15, -0.1) is 12.4 Å². The molecule has 1 atom stereocenters. The fourth-order valence-corrected chi connectivity index (χ4v) is 4.83. The molecule has 3 N–H and O–H groups in total. The molecule has 1 saturated heterocycles. The molecule has 0 spiro atoms. The molecule has 2 aliphatic rings. The molecule has 1 aliphatic heterocycles. The zero-order valence-corrected chi connectivity index (χ0v) is 21.8. The normalized spacial score (nSPS) is 15.6. The number of carbonyl (C=O) groups excluding carboxylic acids is 2. The van der Waals surface area contributed by atoms with E-state index in [1.807, 2.05) is 43.4 Å². The third-order valence-corrected chi connectivity index (χ3v) is 6.92. The first-order chi connectivity index (χ1) is 17.4. The summed E-state index contributed by atoms with van der Waals surface area (Å²) in [6.45, 7) is 3.71. The van der Waals surface area contributed by atoms with E-state index in [1.54, 1.807) is 4.90 Å². The Kier molecular flexibility index (Phi) is 10.2. The molecule has 200 valence electrons. The first-order valence-electron chi connectivity index (χ1n) is 12.5. The van der Waals surface area contributed by atoms with E-state index in [-0.39, 0.29) is 37.4 Å². The van der Waals surface area contributed by atoms with Gasteiger partial charge >= 0.3 is 18.1 Å². The van der Waals surface area contributed by atoms with Crippen LogP contribution in [0.1, 0.15) is 36.3 Å². The third kappa shape index (κ3) is 7.14. The standard InChI is InChI=1S/C27H34N4O5.ClH/c1-30-14-16-31(17-15-30)26(34)28-13-7-6-12-24(25(32)33)29-27(35)36-18-23-21-10-4-2-8-19(21)20-9-3-5-11-22(20)23;/h2-5,8-11,23-24H,6-7,12-18H2,1H3,(H,28,34)(H,29,35)(H,32,33);1H. The lowest BCUT2D eigenvalue weighted by molar-refractivity contribution is -0.139. The number of carboxylic acids is 1. The zero-order valence-electron chi connectivity index (χ0n) is 21.0. The van der Waals surface area contributed by atoms with Crippen molar-refractivity contribution in [1.29, 1.82) is 0 Å². The number of fused-ring (bicyclic) bond motifs is 3. The Labute approximate surface area is 223 Å². The van der Waals surface area contributed by atoms with E-state index in [1.165, 1.54) is 0 Å². The molecular weight excluding hydrogens is 496 g/mol. The maximum atomic E-state index is 12.5. The summed E-state index contributed by atoms with van der Waals surface area (Å²) in [5.74, 6) is -1.19. The van der Waals surface area contributed by atoms with Gasteiger partial charge in [0.25, 0.3) is 0 Å². The number of rotatable bonds is 9. The van der Waals surface area contributed by atoms with Crippen LogP contribution in [-0.4, -0.2) is 85.4 Å². The number of urea groups is 1. The van der Waals surface area contributed by atoms with Gasteiger partial charge in [-0.05, 0) is 48.6 Å². The number of hydrogen-bond donors (Lipinski definition) is 3. The van der Waals surface area contributed by atoms with Gasteiger partial charge in [-0.25, -0.2) is 14.4 Å². The Morgan fingerprint density at radius 1 is 0.973 bits per heavy atom. The van der Waals surface area contributed by atoms with E-state index in [0.29, 0.717) is 32.5 Å². The average Bonchev–Trinajstić information content (AvgIpc) is 3.20. The topological polar surface area (TPSA) is 111 Å². The highest BCUT2D eigenvalue weighted by molar-refractivity contribution is 5.85. The lowest BCUT2D eigenvalue weighted by Crippen LogP contribution is -2.50. The highest BCUT2D eigenvalue weighted by atomic mass is 35.5. The minimum atomic E-state index is -1.11. The van der Waals surface area contributed by atoms with Gasteiger partial charge in [-0.3, -0.25) is 0 Å². The minimum absolute atomic E-state index is 0. The number of ether oxygens (including phenoxy) is 1. The van der Waals surface area contributed by atoms with E-state index in [4.69, 9.17) is 4.74 Å². The van der Waals surface area contributed by atoms with Crippen LogP contribution in [0.3, 0.4) is 0 Å². The van der Waals surface area contributed by atoms with E-state index >= 15 is 0 Å². The predicted octanol–water partition coefficient (Wildman–Crippen LogP) is 3.53. The summed E-state index contributed by atoms with van der Waals surface area (Å²) in [5, 5.41) is 14.9. The van der Waals surface area contributed by atoms with Crippen LogP contribution in [0, 0.1) is 0 Å². The molecular formula is C27H35ClN4O5. The maximum Gasteiger partial charge on any atom is 0.407 e. The number of piperazine rings is 1. The first kappa shape index (κ1) is 28.3. The number of carboxylic acid groups (broad SMARTS) is 1. The van der Waals surface area contributed by atoms with Crippen molar-refractivity contribution in [2.75, 3.05) is 46.4 Å². The third-order valence-electron chi connectivity index (χ3n) is 6.92. The summed E-state index contributed by atoms with van der Waals surface area (Å²) in [6.07, 6.45) is 0.677. The molecule has 0 aromatic heterocycles. The Morgan fingerprint density at radius 2 is 1.57 bits per heavy atom.